The molecule has 3 heterocycles. The lowest BCUT2D eigenvalue weighted by Crippen LogP contribution is -2.44. The van der Waals surface area contributed by atoms with Crippen LogP contribution in [0.15, 0.2) is 28.9 Å². The number of fused-ring (bicyclic) bond motifs is 1. The van der Waals surface area contributed by atoms with Crippen LogP contribution in [-0.2, 0) is 14.8 Å². The topological polar surface area (TPSA) is 103 Å². The number of methoxy groups -OCH3 is 1. The van der Waals surface area contributed by atoms with Gasteiger partial charge < -0.3 is 9.26 Å². The minimum Gasteiger partial charge on any atom is -0.381 e. The third-order valence-electron chi connectivity index (χ3n) is 7.33. The van der Waals surface area contributed by atoms with Gasteiger partial charge in [-0.25, -0.2) is 12.7 Å². The van der Waals surface area contributed by atoms with Crippen LogP contribution in [0.4, 0.5) is 0 Å². The molecular formula is C24H33N5O4S. The van der Waals surface area contributed by atoms with Gasteiger partial charge in [-0.05, 0) is 58.4 Å². The average molecular weight is 488 g/mol. The molecule has 2 aromatic heterocycles. The SMILES string of the molecule is COC1CCC(S(=O)(=O)N2CCC(c3nc(-c4ccc5cnn(C(C)C)c5c4)no3)CC2)CC1. The summed E-state index contributed by atoms with van der Waals surface area (Å²) in [4.78, 5) is 4.68. The molecule has 3 aromatic rings. The summed E-state index contributed by atoms with van der Waals surface area (Å²) in [7, 11) is -1.58. The second-order valence-corrected chi connectivity index (χ2v) is 12.0. The Kier molecular flexibility index (Phi) is 6.47. The first kappa shape index (κ1) is 23.4. The van der Waals surface area contributed by atoms with E-state index in [1.807, 2.05) is 29.1 Å². The molecule has 0 amide bonds. The summed E-state index contributed by atoms with van der Waals surface area (Å²) in [6.07, 6.45) is 6.40. The van der Waals surface area contributed by atoms with E-state index in [0.717, 1.165) is 29.3 Å². The highest BCUT2D eigenvalue weighted by molar-refractivity contribution is 7.89. The third kappa shape index (κ3) is 4.38. The van der Waals surface area contributed by atoms with Crippen LogP contribution >= 0.6 is 0 Å². The number of ether oxygens (including phenoxy) is 1. The second-order valence-electron chi connectivity index (χ2n) is 9.77. The first-order chi connectivity index (χ1) is 16.4. The van der Waals surface area contributed by atoms with E-state index in [4.69, 9.17) is 9.26 Å². The molecule has 1 aliphatic carbocycles. The van der Waals surface area contributed by atoms with Crippen LogP contribution < -0.4 is 0 Å². The van der Waals surface area contributed by atoms with Crippen molar-refractivity contribution in [2.24, 2.45) is 0 Å². The van der Waals surface area contributed by atoms with Crippen LogP contribution in [0.2, 0.25) is 0 Å². The lowest BCUT2D eigenvalue weighted by molar-refractivity contribution is 0.0712. The maximum Gasteiger partial charge on any atom is 0.230 e. The first-order valence-corrected chi connectivity index (χ1v) is 13.7. The van der Waals surface area contributed by atoms with Crippen LogP contribution in [0.3, 0.4) is 0 Å². The normalized spacial score (nSPS) is 23.2. The summed E-state index contributed by atoms with van der Waals surface area (Å²) < 4.78 is 41.0. The van der Waals surface area contributed by atoms with E-state index >= 15 is 0 Å². The molecule has 0 unspecified atom stereocenters. The fourth-order valence-corrected chi connectivity index (χ4v) is 7.25. The van der Waals surface area contributed by atoms with Gasteiger partial charge in [0.25, 0.3) is 0 Å². The molecule has 1 saturated carbocycles. The predicted molar refractivity (Wildman–Crippen MR) is 129 cm³/mol. The molecule has 0 N–H and O–H groups in total. The molecule has 0 bridgehead atoms. The number of nitrogens with zero attached hydrogens (tertiary/aromatic N) is 5. The molecule has 1 aromatic carbocycles. The van der Waals surface area contributed by atoms with Crippen LogP contribution in [-0.4, -0.2) is 64.2 Å². The summed E-state index contributed by atoms with van der Waals surface area (Å²) >= 11 is 0. The number of benzene rings is 1. The van der Waals surface area contributed by atoms with E-state index < -0.39 is 10.0 Å². The number of hydrogen-bond donors (Lipinski definition) is 0. The highest BCUT2D eigenvalue weighted by Crippen LogP contribution is 2.34. The Hall–Kier alpha value is -2.30. The van der Waals surface area contributed by atoms with Gasteiger partial charge in [0.1, 0.15) is 0 Å². The molecule has 2 aliphatic rings. The quantitative estimate of drug-likeness (QED) is 0.515. The largest absolute Gasteiger partial charge is 0.381 e. The highest BCUT2D eigenvalue weighted by Gasteiger charge is 2.38. The number of piperidine rings is 1. The molecule has 0 spiro atoms. The number of aromatic nitrogens is 4. The van der Waals surface area contributed by atoms with Gasteiger partial charge in [-0.1, -0.05) is 17.3 Å². The van der Waals surface area contributed by atoms with E-state index in [9.17, 15) is 8.42 Å². The van der Waals surface area contributed by atoms with Crippen molar-refractivity contribution in [3.05, 3.63) is 30.3 Å². The fraction of sp³-hybridized carbons (Fsp3) is 0.625. The zero-order chi connectivity index (χ0) is 23.9. The first-order valence-electron chi connectivity index (χ1n) is 12.2. The Morgan fingerprint density at radius 3 is 2.50 bits per heavy atom. The van der Waals surface area contributed by atoms with Crippen LogP contribution in [0.1, 0.15) is 70.2 Å². The van der Waals surface area contributed by atoms with Crippen molar-refractivity contribution < 1.29 is 17.7 Å². The van der Waals surface area contributed by atoms with Crippen molar-refractivity contribution in [3.63, 3.8) is 0 Å². The number of rotatable bonds is 6. The Morgan fingerprint density at radius 2 is 1.82 bits per heavy atom. The summed E-state index contributed by atoms with van der Waals surface area (Å²) in [5, 5.41) is 9.48. The smallest absolute Gasteiger partial charge is 0.230 e. The molecule has 1 saturated heterocycles. The van der Waals surface area contributed by atoms with Crippen molar-refractivity contribution in [1.29, 1.82) is 0 Å². The van der Waals surface area contributed by atoms with Crippen LogP contribution in [0.5, 0.6) is 0 Å². The monoisotopic (exact) mass is 487 g/mol. The molecule has 34 heavy (non-hydrogen) atoms. The Bertz CT molecular complexity index is 1240. The second kappa shape index (κ2) is 9.39. The van der Waals surface area contributed by atoms with E-state index in [2.05, 4.69) is 29.1 Å². The van der Waals surface area contributed by atoms with Gasteiger partial charge in [-0.2, -0.15) is 10.1 Å². The summed E-state index contributed by atoms with van der Waals surface area (Å²) in [6, 6.07) is 6.31. The average Bonchev–Trinajstić information content (AvgIpc) is 3.51. The molecule has 10 heteroatoms. The highest BCUT2D eigenvalue weighted by atomic mass is 32.2. The molecule has 9 nitrogen and oxygen atoms in total. The van der Waals surface area contributed by atoms with Crippen molar-refractivity contribution in [1.82, 2.24) is 24.2 Å². The van der Waals surface area contributed by atoms with Crippen molar-refractivity contribution >= 4 is 20.9 Å². The number of sulfonamides is 1. The molecule has 0 atom stereocenters. The zero-order valence-corrected chi connectivity index (χ0v) is 20.9. The van der Waals surface area contributed by atoms with Gasteiger partial charge in [0.15, 0.2) is 0 Å². The van der Waals surface area contributed by atoms with Gasteiger partial charge in [0, 0.05) is 43.1 Å². The standard InChI is InChI=1S/C24H33N5O4S/c1-16(2)29-22-14-18(4-5-19(22)15-25-29)23-26-24(33-27-23)17-10-12-28(13-11-17)34(30,31)21-8-6-20(32-3)7-9-21/h4-5,14-17,20-21H,6-13H2,1-3H3. The lowest BCUT2D eigenvalue weighted by atomic mass is 9.97. The van der Waals surface area contributed by atoms with Gasteiger partial charge in [0.2, 0.25) is 21.7 Å². The van der Waals surface area contributed by atoms with Gasteiger partial charge in [0.05, 0.1) is 23.1 Å². The minimum absolute atomic E-state index is 0.0712. The Morgan fingerprint density at radius 1 is 1.09 bits per heavy atom. The van der Waals surface area contributed by atoms with Gasteiger partial charge in [-0.15, -0.1) is 0 Å². The summed E-state index contributed by atoms with van der Waals surface area (Å²) in [5.74, 6) is 1.21. The molecular weight excluding hydrogens is 454 g/mol. The van der Waals surface area contributed by atoms with E-state index in [1.54, 1.807) is 11.4 Å². The van der Waals surface area contributed by atoms with Crippen molar-refractivity contribution in [3.8, 4) is 11.4 Å². The predicted octanol–water partition coefficient (Wildman–Crippen LogP) is 4.13. The Labute approximate surface area is 200 Å². The van der Waals surface area contributed by atoms with Crippen LogP contribution in [0.25, 0.3) is 22.3 Å². The van der Waals surface area contributed by atoms with Gasteiger partial charge in [-0.3, -0.25) is 4.68 Å². The molecule has 184 valence electrons. The molecule has 2 fully saturated rings. The van der Waals surface area contributed by atoms with Crippen LogP contribution in [0, 0.1) is 0 Å². The molecule has 5 rings (SSSR count). The zero-order valence-electron chi connectivity index (χ0n) is 20.1. The third-order valence-corrected chi connectivity index (χ3v) is 9.73. The maximum atomic E-state index is 13.2. The Balaban J connectivity index is 1.25. The van der Waals surface area contributed by atoms with Gasteiger partial charge >= 0.3 is 0 Å². The number of hydrogen-bond acceptors (Lipinski definition) is 7. The van der Waals surface area contributed by atoms with E-state index in [1.165, 1.54) is 0 Å². The maximum absolute atomic E-state index is 13.2. The fourth-order valence-electron chi connectivity index (χ4n) is 5.24. The molecule has 0 radical (unpaired) electrons. The summed E-state index contributed by atoms with van der Waals surface area (Å²) in [6.45, 7) is 5.19. The van der Waals surface area contributed by atoms with Crippen molar-refractivity contribution in [2.45, 2.75) is 75.7 Å². The van der Waals surface area contributed by atoms with Crippen molar-refractivity contribution in [2.75, 3.05) is 20.2 Å². The lowest BCUT2D eigenvalue weighted by Gasteiger charge is -2.35. The van der Waals surface area contributed by atoms with E-state index in [0.29, 0.717) is 50.5 Å². The summed E-state index contributed by atoms with van der Waals surface area (Å²) in [5.41, 5.74) is 1.92. The minimum atomic E-state index is -3.28. The molecule has 1 aliphatic heterocycles. The van der Waals surface area contributed by atoms with E-state index in [-0.39, 0.29) is 23.3 Å².